The molecule has 0 rings (SSSR count). The zero-order valence-electron chi connectivity index (χ0n) is 56.3. The van der Waals surface area contributed by atoms with E-state index in [1.165, 1.54) is 128 Å². The van der Waals surface area contributed by atoms with Gasteiger partial charge in [0.15, 0.2) is 12.2 Å². The third-order valence-electron chi connectivity index (χ3n) is 15.8. The van der Waals surface area contributed by atoms with Crippen LogP contribution in [0.5, 0.6) is 0 Å². The molecule has 0 aliphatic carbocycles. The van der Waals surface area contributed by atoms with Crippen LogP contribution in [0.3, 0.4) is 0 Å². The Kier molecular flexibility index (Phi) is 60.3. The molecular formula is C69H130O17P2. The van der Waals surface area contributed by atoms with Crippen molar-refractivity contribution in [3.05, 3.63) is 24.3 Å². The van der Waals surface area contributed by atoms with Crippen molar-refractivity contribution in [1.29, 1.82) is 0 Å². The molecule has 19 heteroatoms. The first-order valence-corrected chi connectivity index (χ1v) is 38.5. The fraction of sp³-hybridized carbons (Fsp3) is 0.884. The fourth-order valence-corrected chi connectivity index (χ4v) is 11.5. The molecule has 17 nitrogen and oxygen atoms in total. The van der Waals surface area contributed by atoms with Crippen LogP contribution in [-0.4, -0.2) is 96.7 Å². The quantitative estimate of drug-likeness (QED) is 0.0169. The lowest BCUT2D eigenvalue weighted by molar-refractivity contribution is -0.161. The van der Waals surface area contributed by atoms with Gasteiger partial charge in [0.25, 0.3) is 0 Å². The summed E-state index contributed by atoms with van der Waals surface area (Å²) in [5.41, 5.74) is 0. The number of esters is 4. The van der Waals surface area contributed by atoms with Crippen LogP contribution in [0.25, 0.3) is 0 Å². The molecule has 3 unspecified atom stereocenters. The third kappa shape index (κ3) is 61.1. The van der Waals surface area contributed by atoms with E-state index in [1.54, 1.807) is 0 Å². The highest BCUT2D eigenvalue weighted by molar-refractivity contribution is 7.47. The maximum Gasteiger partial charge on any atom is 0.472 e. The van der Waals surface area contributed by atoms with Crippen LogP contribution in [0.15, 0.2) is 24.3 Å². The highest BCUT2D eigenvalue weighted by Crippen LogP contribution is 2.45. The highest BCUT2D eigenvalue weighted by atomic mass is 31.2. The van der Waals surface area contributed by atoms with Crippen LogP contribution in [0.1, 0.15) is 330 Å². The average Bonchev–Trinajstić information content (AvgIpc) is 3.65. The molecule has 0 saturated carbocycles. The molecule has 88 heavy (non-hydrogen) atoms. The second-order valence-corrected chi connectivity index (χ2v) is 27.4. The number of carbonyl (C=O) groups excluding carboxylic acids is 4. The Morgan fingerprint density at radius 1 is 0.364 bits per heavy atom. The van der Waals surface area contributed by atoms with Crippen LogP contribution < -0.4 is 0 Å². The molecule has 6 atom stereocenters. The van der Waals surface area contributed by atoms with E-state index in [9.17, 15) is 43.2 Å². The number of rotatable bonds is 67. The van der Waals surface area contributed by atoms with Gasteiger partial charge in [-0.2, -0.15) is 0 Å². The largest absolute Gasteiger partial charge is 0.472 e. The Morgan fingerprint density at radius 2 is 0.636 bits per heavy atom. The highest BCUT2D eigenvalue weighted by Gasteiger charge is 2.30. The van der Waals surface area contributed by atoms with Gasteiger partial charge >= 0.3 is 39.5 Å². The minimum atomic E-state index is -4.96. The van der Waals surface area contributed by atoms with Crippen molar-refractivity contribution in [2.45, 2.75) is 348 Å². The number of phosphoric ester groups is 2. The first-order valence-electron chi connectivity index (χ1n) is 35.5. The Morgan fingerprint density at radius 3 is 0.966 bits per heavy atom. The van der Waals surface area contributed by atoms with E-state index in [-0.39, 0.29) is 25.7 Å². The molecule has 3 N–H and O–H groups in total. The first kappa shape index (κ1) is 85.5. The van der Waals surface area contributed by atoms with E-state index in [4.69, 9.17) is 37.0 Å². The first-order chi connectivity index (χ1) is 42.6. The average molecular weight is 1290 g/mol. The number of allylic oxidation sites excluding steroid dienone is 4. The van der Waals surface area contributed by atoms with E-state index in [0.717, 1.165) is 121 Å². The maximum absolute atomic E-state index is 13.0. The van der Waals surface area contributed by atoms with Crippen LogP contribution in [0.2, 0.25) is 0 Å². The van der Waals surface area contributed by atoms with E-state index in [1.807, 2.05) is 0 Å². The van der Waals surface area contributed by atoms with Gasteiger partial charge in [0.2, 0.25) is 0 Å². The lowest BCUT2D eigenvalue weighted by Crippen LogP contribution is -2.30. The van der Waals surface area contributed by atoms with Crippen molar-refractivity contribution in [2.75, 3.05) is 39.6 Å². The zero-order valence-corrected chi connectivity index (χ0v) is 58.1. The Labute approximate surface area is 535 Å². The number of ether oxygens (including phenoxy) is 4. The van der Waals surface area contributed by atoms with Crippen LogP contribution >= 0.6 is 15.6 Å². The number of aliphatic hydroxyl groups excluding tert-OH is 1. The van der Waals surface area contributed by atoms with Gasteiger partial charge in [0.05, 0.1) is 26.4 Å². The summed E-state index contributed by atoms with van der Waals surface area (Å²) in [4.78, 5) is 72.3. The molecule has 0 aromatic carbocycles. The minimum absolute atomic E-state index is 0.0850. The van der Waals surface area contributed by atoms with Gasteiger partial charge in [0.1, 0.15) is 19.3 Å². The molecule has 0 saturated heterocycles. The van der Waals surface area contributed by atoms with E-state index in [0.29, 0.717) is 25.7 Å². The summed E-state index contributed by atoms with van der Waals surface area (Å²) in [6.07, 6.45) is 50.7. The molecule has 0 aliphatic rings. The van der Waals surface area contributed by atoms with Crippen molar-refractivity contribution in [3.63, 3.8) is 0 Å². The minimum Gasteiger partial charge on any atom is -0.462 e. The predicted octanol–water partition coefficient (Wildman–Crippen LogP) is 19.3. The molecule has 0 heterocycles. The van der Waals surface area contributed by atoms with Gasteiger partial charge in [-0.25, -0.2) is 9.13 Å². The summed E-state index contributed by atoms with van der Waals surface area (Å²) in [5, 5.41) is 10.6. The Bertz CT molecular complexity index is 1800. The van der Waals surface area contributed by atoms with E-state index in [2.05, 4.69) is 58.9 Å². The number of carbonyl (C=O) groups is 4. The summed E-state index contributed by atoms with van der Waals surface area (Å²) >= 11 is 0. The topological polar surface area (TPSA) is 237 Å². The Hall–Kier alpha value is -2.46. The van der Waals surface area contributed by atoms with Gasteiger partial charge in [-0.15, -0.1) is 0 Å². The Balaban J connectivity index is 5.26. The molecular weight excluding hydrogens is 1160 g/mol. The molecule has 0 bridgehead atoms. The van der Waals surface area contributed by atoms with Crippen molar-refractivity contribution >= 4 is 39.5 Å². The van der Waals surface area contributed by atoms with E-state index >= 15 is 0 Å². The van der Waals surface area contributed by atoms with Gasteiger partial charge in [0, 0.05) is 25.7 Å². The van der Waals surface area contributed by atoms with E-state index < -0.39 is 97.5 Å². The van der Waals surface area contributed by atoms with Gasteiger partial charge in [-0.05, 0) is 57.3 Å². The maximum atomic E-state index is 13.0. The second kappa shape index (κ2) is 62.0. The van der Waals surface area contributed by atoms with Gasteiger partial charge in [-0.1, -0.05) is 277 Å². The fourth-order valence-electron chi connectivity index (χ4n) is 9.89. The number of hydrogen-bond donors (Lipinski definition) is 3. The number of phosphoric acid groups is 2. The molecule has 0 aliphatic heterocycles. The van der Waals surface area contributed by atoms with Crippen molar-refractivity contribution in [2.24, 2.45) is 5.92 Å². The van der Waals surface area contributed by atoms with Crippen LogP contribution in [0, 0.1) is 5.92 Å². The summed E-state index contributed by atoms with van der Waals surface area (Å²) in [6.45, 7) is 7.16. The van der Waals surface area contributed by atoms with Gasteiger partial charge < -0.3 is 33.8 Å². The monoisotopic (exact) mass is 1290 g/mol. The molecule has 0 aromatic heterocycles. The van der Waals surface area contributed by atoms with Crippen LogP contribution in [-0.2, 0) is 65.4 Å². The molecule has 0 radical (unpaired) electrons. The molecule has 0 spiro atoms. The van der Waals surface area contributed by atoms with Crippen LogP contribution in [0.4, 0.5) is 0 Å². The molecule has 0 fully saturated rings. The number of unbranched alkanes of at least 4 members (excludes halogenated alkanes) is 35. The zero-order chi connectivity index (χ0) is 64.9. The van der Waals surface area contributed by atoms with Crippen molar-refractivity contribution < 1.29 is 80.2 Å². The standard InChI is InChI=1S/C69H130O17P2/c1-6-10-13-16-19-21-23-25-26-27-29-35-40-45-50-55-69(74)86-65(59-80-67(72)53-48-43-38-33-31-30-32-37-41-46-51-62(5)9-4)61-84-88(77,78)82-57-63(70)56-81-87(75,76)83-60-64(58-79-66(71)52-47-42-36-18-15-12-8-3)85-68(73)54-49-44-39-34-28-24-22-20-17-14-11-7-2/h21,23,25-26,62-65,70H,6-20,22,24,27-61H2,1-5H3,(H,75,76)(H,77,78)/b23-21-,26-25-/t62?,63-,64+,65+/m0/s1. The summed E-state index contributed by atoms with van der Waals surface area (Å²) < 4.78 is 68.1. The van der Waals surface area contributed by atoms with Gasteiger partial charge in [-0.3, -0.25) is 37.3 Å². The summed E-state index contributed by atoms with van der Waals surface area (Å²) in [5.74, 6) is -1.35. The van der Waals surface area contributed by atoms with Crippen molar-refractivity contribution in [1.82, 2.24) is 0 Å². The smallest absolute Gasteiger partial charge is 0.462 e. The predicted molar refractivity (Wildman–Crippen MR) is 354 cm³/mol. The normalized spacial score (nSPS) is 14.6. The summed E-state index contributed by atoms with van der Waals surface area (Å²) in [6, 6.07) is 0. The lowest BCUT2D eigenvalue weighted by atomic mass is 9.99. The molecule has 0 amide bonds. The lowest BCUT2D eigenvalue weighted by Gasteiger charge is -2.21. The molecule has 518 valence electrons. The molecule has 0 aromatic rings. The second-order valence-electron chi connectivity index (χ2n) is 24.5. The number of hydrogen-bond acceptors (Lipinski definition) is 15. The van der Waals surface area contributed by atoms with Crippen molar-refractivity contribution in [3.8, 4) is 0 Å². The number of aliphatic hydroxyl groups is 1. The summed E-state index contributed by atoms with van der Waals surface area (Å²) in [7, 11) is -9.90. The third-order valence-corrected chi connectivity index (χ3v) is 17.7. The SMILES string of the molecule is CCCCCC/C=C\C=C/CCCCCCCC(=O)O[C@H](COC(=O)CCCCCCCCCCCCC(C)CC)COP(=O)(O)OC[C@@H](O)COP(=O)(O)OC[C@@H](COC(=O)CCCCCCCCC)OC(=O)CCCCCCCCCCCCCC.